The molecule has 1 saturated heterocycles. The van der Waals surface area contributed by atoms with Gasteiger partial charge in [0, 0.05) is 0 Å². The average Bonchev–Trinajstić information content (AvgIpc) is 2.02. The summed E-state index contributed by atoms with van der Waals surface area (Å²) in [6, 6.07) is 0. The van der Waals surface area contributed by atoms with Crippen LogP contribution >= 0.6 is 14.7 Å². The molecule has 0 aromatic rings. The minimum Gasteiger partial charge on any atom is -0.361 e. The molecule has 0 bridgehead atoms. The van der Waals surface area contributed by atoms with E-state index < -0.39 is 14.7 Å². The van der Waals surface area contributed by atoms with E-state index in [-0.39, 0.29) is 18.6 Å². The van der Waals surface area contributed by atoms with Gasteiger partial charge in [0.05, 0.1) is 13.2 Å². The predicted molar refractivity (Wildman–Crippen MR) is 54.2 cm³/mol. The summed E-state index contributed by atoms with van der Waals surface area (Å²) in [5, 5.41) is 0. The Morgan fingerprint density at radius 2 is 1.50 bits per heavy atom. The van der Waals surface area contributed by atoms with Gasteiger partial charge in [-0.1, -0.05) is 0 Å². The van der Waals surface area contributed by atoms with Crippen molar-refractivity contribution in [2.24, 2.45) is 0 Å². The maximum absolute atomic E-state index is 11.9. The lowest BCUT2D eigenvalue weighted by Crippen LogP contribution is -2.14. The summed E-state index contributed by atoms with van der Waals surface area (Å²) in [4.78, 5) is 0. The van der Waals surface area contributed by atoms with E-state index in [2.05, 4.69) is 0 Å². The van der Waals surface area contributed by atoms with Crippen molar-refractivity contribution in [3.05, 3.63) is 0 Å². The fourth-order valence-electron chi connectivity index (χ4n) is 1.36. The third kappa shape index (κ3) is 3.18. The van der Waals surface area contributed by atoms with E-state index in [1.165, 1.54) is 0 Å². The Balaban J connectivity index is 2.68. The molecule has 84 valence electrons. The van der Waals surface area contributed by atoms with Crippen molar-refractivity contribution in [3.63, 3.8) is 0 Å². The van der Waals surface area contributed by atoms with Gasteiger partial charge in [0.15, 0.2) is 0 Å². The van der Waals surface area contributed by atoms with E-state index in [1.54, 1.807) is 13.8 Å². The molecule has 1 fully saturated rings. The van der Waals surface area contributed by atoms with Crippen LogP contribution in [0.2, 0.25) is 0 Å². The first kappa shape index (κ1) is 12.4. The summed E-state index contributed by atoms with van der Waals surface area (Å²) < 4.78 is 39.1. The standard InChI is InChI=1S/C7H16O5P2/c1-3-11-13(8)5-10-6-14(9,7-13)12-4-2/h3-7H2,1-2H3. The molecule has 1 rings (SSSR count). The van der Waals surface area contributed by atoms with Gasteiger partial charge in [-0.3, -0.25) is 9.13 Å². The molecule has 0 radical (unpaired) electrons. The molecule has 5 nitrogen and oxygen atoms in total. The van der Waals surface area contributed by atoms with E-state index in [0.29, 0.717) is 13.2 Å². The second kappa shape index (κ2) is 4.91. The van der Waals surface area contributed by atoms with Crippen molar-refractivity contribution in [1.29, 1.82) is 0 Å². The smallest absolute Gasteiger partial charge is 0.237 e. The molecule has 1 heterocycles. The lowest BCUT2D eigenvalue weighted by atomic mass is 10.9. The summed E-state index contributed by atoms with van der Waals surface area (Å²) in [6.45, 7) is 4.18. The van der Waals surface area contributed by atoms with Gasteiger partial charge in [-0.05, 0) is 13.8 Å². The minimum atomic E-state index is -2.88. The predicted octanol–water partition coefficient (Wildman–Crippen LogP) is 2.52. The zero-order chi connectivity index (χ0) is 10.7. The molecule has 1 aliphatic heterocycles. The lowest BCUT2D eigenvalue weighted by molar-refractivity contribution is 0.179. The molecule has 0 spiro atoms. The normalized spacial score (nSPS) is 38.4. The van der Waals surface area contributed by atoms with Crippen LogP contribution in [0.15, 0.2) is 0 Å². The van der Waals surface area contributed by atoms with Crippen LogP contribution in [0.25, 0.3) is 0 Å². The maximum atomic E-state index is 11.9. The van der Waals surface area contributed by atoms with E-state index in [4.69, 9.17) is 13.8 Å². The Morgan fingerprint density at radius 3 is 1.86 bits per heavy atom. The zero-order valence-electron chi connectivity index (χ0n) is 8.47. The monoisotopic (exact) mass is 242 g/mol. The largest absolute Gasteiger partial charge is 0.361 e. The van der Waals surface area contributed by atoms with Crippen LogP contribution in [-0.4, -0.2) is 31.8 Å². The van der Waals surface area contributed by atoms with E-state index in [0.717, 1.165) is 0 Å². The highest BCUT2D eigenvalue weighted by molar-refractivity contribution is 7.76. The molecule has 2 unspecified atom stereocenters. The topological polar surface area (TPSA) is 61.8 Å². The van der Waals surface area contributed by atoms with Crippen molar-refractivity contribution >= 4 is 14.7 Å². The number of hydrogen-bond acceptors (Lipinski definition) is 5. The highest BCUT2D eigenvalue weighted by Crippen LogP contribution is 2.65. The molecule has 1 aliphatic rings. The van der Waals surface area contributed by atoms with Gasteiger partial charge < -0.3 is 13.8 Å². The lowest BCUT2D eigenvalue weighted by Gasteiger charge is -2.28. The van der Waals surface area contributed by atoms with Crippen LogP contribution in [0.4, 0.5) is 0 Å². The molecule has 0 saturated carbocycles. The van der Waals surface area contributed by atoms with Crippen molar-refractivity contribution in [2.45, 2.75) is 13.8 Å². The Kier molecular flexibility index (Phi) is 4.35. The van der Waals surface area contributed by atoms with Crippen molar-refractivity contribution in [1.82, 2.24) is 0 Å². The SMILES string of the molecule is CCOP1(=O)COCP(=O)(OCC)C1. The highest BCUT2D eigenvalue weighted by Gasteiger charge is 2.40. The van der Waals surface area contributed by atoms with Crippen molar-refractivity contribution < 1.29 is 22.9 Å². The molecular formula is C7H16O5P2. The summed E-state index contributed by atoms with van der Waals surface area (Å²) in [7, 11) is -5.75. The van der Waals surface area contributed by atoms with E-state index >= 15 is 0 Å². The highest BCUT2D eigenvalue weighted by atomic mass is 31.2. The fraction of sp³-hybridized carbons (Fsp3) is 1.00. The van der Waals surface area contributed by atoms with Gasteiger partial charge in [0.25, 0.3) is 0 Å². The summed E-state index contributed by atoms with van der Waals surface area (Å²) in [5.41, 5.74) is 0. The first-order valence-electron chi connectivity index (χ1n) is 4.56. The van der Waals surface area contributed by atoms with Gasteiger partial charge in [-0.15, -0.1) is 0 Å². The second-order valence-electron chi connectivity index (χ2n) is 3.07. The van der Waals surface area contributed by atoms with Gasteiger partial charge >= 0.3 is 0 Å². The minimum absolute atomic E-state index is 0.0156. The number of rotatable bonds is 4. The molecule has 0 aromatic carbocycles. The van der Waals surface area contributed by atoms with Crippen LogP contribution in [-0.2, 0) is 22.9 Å². The van der Waals surface area contributed by atoms with Crippen LogP contribution < -0.4 is 0 Å². The third-order valence-electron chi connectivity index (χ3n) is 1.74. The van der Waals surface area contributed by atoms with Gasteiger partial charge in [0.1, 0.15) is 18.6 Å². The Labute approximate surface area is 84.0 Å². The second-order valence-corrected chi connectivity index (χ2v) is 8.49. The third-order valence-corrected chi connectivity index (χ3v) is 7.79. The Hall–Kier alpha value is 0.340. The molecular weight excluding hydrogens is 226 g/mol. The van der Waals surface area contributed by atoms with Crippen LogP contribution in [0.3, 0.4) is 0 Å². The van der Waals surface area contributed by atoms with Crippen molar-refractivity contribution in [3.8, 4) is 0 Å². The van der Waals surface area contributed by atoms with Crippen LogP contribution in [0, 0.1) is 0 Å². The van der Waals surface area contributed by atoms with Gasteiger partial charge in [-0.25, -0.2) is 0 Å². The quantitative estimate of drug-likeness (QED) is 0.709. The van der Waals surface area contributed by atoms with E-state index in [1.807, 2.05) is 0 Å². The molecule has 0 amide bonds. The Morgan fingerprint density at radius 1 is 1.07 bits per heavy atom. The molecule has 0 N–H and O–H groups in total. The van der Waals surface area contributed by atoms with Crippen LogP contribution in [0.5, 0.6) is 0 Å². The number of hydrogen-bond donors (Lipinski definition) is 0. The molecule has 7 heteroatoms. The summed E-state index contributed by atoms with van der Waals surface area (Å²) >= 11 is 0. The summed E-state index contributed by atoms with van der Waals surface area (Å²) in [6.07, 6.45) is 0.107. The van der Waals surface area contributed by atoms with E-state index in [9.17, 15) is 9.13 Å². The van der Waals surface area contributed by atoms with Crippen molar-refractivity contribution in [2.75, 3.05) is 31.8 Å². The number of ether oxygens (including phenoxy) is 1. The average molecular weight is 242 g/mol. The van der Waals surface area contributed by atoms with Crippen LogP contribution in [0.1, 0.15) is 13.8 Å². The molecule has 14 heavy (non-hydrogen) atoms. The van der Waals surface area contributed by atoms with Gasteiger partial charge in [0.2, 0.25) is 14.7 Å². The molecule has 2 atom stereocenters. The first-order valence-corrected chi connectivity index (χ1v) is 8.55. The van der Waals surface area contributed by atoms with Gasteiger partial charge in [-0.2, -0.15) is 0 Å². The molecule has 0 aliphatic carbocycles. The summed E-state index contributed by atoms with van der Waals surface area (Å²) in [5.74, 6) is 0.0156. The molecule has 0 aromatic heterocycles. The maximum Gasteiger partial charge on any atom is 0.237 e. The zero-order valence-corrected chi connectivity index (χ0v) is 10.3. The first-order chi connectivity index (χ1) is 6.54. The fourth-order valence-corrected chi connectivity index (χ4v) is 7.26. The Bertz CT molecular complexity index is 239.